The number of hydrogen-bond donors (Lipinski definition) is 2. The highest BCUT2D eigenvalue weighted by Crippen LogP contribution is 2.19. The molecule has 3 aromatic rings. The summed E-state index contributed by atoms with van der Waals surface area (Å²) in [6, 6.07) is 15.3. The molecule has 6 nitrogen and oxygen atoms in total. The van der Waals surface area contributed by atoms with Crippen molar-refractivity contribution >= 4 is 17.5 Å². The Labute approximate surface area is 163 Å². The van der Waals surface area contributed by atoms with Gasteiger partial charge in [-0.25, -0.2) is 0 Å². The van der Waals surface area contributed by atoms with E-state index in [-0.39, 0.29) is 23.6 Å². The van der Waals surface area contributed by atoms with E-state index in [0.717, 1.165) is 24.8 Å². The number of hydrogen-bond acceptors (Lipinski definition) is 4. The van der Waals surface area contributed by atoms with E-state index < -0.39 is 0 Å². The molecule has 0 saturated heterocycles. The van der Waals surface area contributed by atoms with Gasteiger partial charge in [-0.15, -0.1) is 0 Å². The number of rotatable bonds is 6. The maximum absolute atomic E-state index is 12.6. The molecule has 4 rings (SSSR count). The lowest BCUT2D eigenvalue weighted by Crippen LogP contribution is -2.26. The predicted octanol–water partition coefficient (Wildman–Crippen LogP) is 3.21. The summed E-state index contributed by atoms with van der Waals surface area (Å²) in [6.45, 7) is 0. The van der Waals surface area contributed by atoms with Gasteiger partial charge in [0.05, 0.1) is 11.9 Å². The monoisotopic (exact) mass is 372 g/mol. The van der Waals surface area contributed by atoms with Crippen molar-refractivity contribution in [1.82, 2.24) is 15.3 Å². The highest BCUT2D eigenvalue weighted by molar-refractivity contribution is 6.05. The van der Waals surface area contributed by atoms with Crippen LogP contribution in [-0.4, -0.2) is 27.8 Å². The Balaban J connectivity index is 1.44. The Morgan fingerprint density at radius 2 is 1.79 bits per heavy atom. The summed E-state index contributed by atoms with van der Waals surface area (Å²) >= 11 is 0. The number of nitrogens with one attached hydrogen (secondary N) is 2. The molecule has 0 bridgehead atoms. The highest BCUT2D eigenvalue weighted by Gasteiger charge is 2.24. The molecular weight excluding hydrogens is 352 g/mol. The number of aromatic nitrogens is 2. The normalized spacial score (nSPS) is 13.0. The molecule has 2 heterocycles. The second-order valence-electron chi connectivity index (χ2n) is 6.88. The van der Waals surface area contributed by atoms with Crippen LogP contribution in [0.2, 0.25) is 0 Å². The van der Waals surface area contributed by atoms with Gasteiger partial charge >= 0.3 is 0 Å². The molecule has 0 atom stereocenters. The number of nitrogens with zero attached hydrogens (tertiary/aromatic N) is 2. The minimum absolute atomic E-state index is 0.241. The molecule has 28 heavy (non-hydrogen) atoms. The smallest absolute Gasteiger partial charge is 0.270 e. The maximum atomic E-state index is 12.6. The molecule has 2 aromatic heterocycles. The van der Waals surface area contributed by atoms with Gasteiger partial charge in [-0.05, 0) is 48.6 Å². The van der Waals surface area contributed by atoms with E-state index in [2.05, 4.69) is 32.7 Å². The zero-order valence-electron chi connectivity index (χ0n) is 15.3. The Bertz CT molecular complexity index is 1000. The van der Waals surface area contributed by atoms with Crippen molar-refractivity contribution in [1.29, 1.82) is 0 Å². The van der Waals surface area contributed by atoms with Crippen LogP contribution in [-0.2, 0) is 6.42 Å². The molecule has 1 saturated carbocycles. The van der Waals surface area contributed by atoms with E-state index in [4.69, 9.17) is 0 Å². The van der Waals surface area contributed by atoms with E-state index in [1.165, 1.54) is 17.8 Å². The fourth-order valence-electron chi connectivity index (χ4n) is 2.87. The molecule has 0 unspecified atom stereocenters. The number of benzene rings is 1. The fraction of sp³-hybridized carbons (Fsp3) is 0.182. The first kappa shape index (κ1) is 17.9. The third-order valence-corrected chi connectivity index (χ3v) is 4.47. The lowest BCUT2D eigenvalue weighted by Gasteiger charge is -2.08. The summed E-state index contributed by atoms with van der Waals surface area (Å²) in [5.41, 5.74) is 3.41. The summed E-state index contributed by atoms with van der Waals surface area (Å²) in [4.78, 5) is 33.0. The number of amides is 2. The lowest BCUT2D eigenvalue weighted by atomic mass is 10.1. The van der Waals surface area contributed by atoms with Crippen molar-refractivity contribution in [3.8, 4) is 0 Å². The predicted molar refractivity (Wildman–Crippen MR) is 106 cm³/mol. The van der Waals surface area contributed by atoms with E-state index in [1.54, 1.807) is 18.5 Å². The van der Waals surface area contributed by atoms with Gasteiger partial charge in [0, 0.05) is 24.0 Å². The van der Waals surface area contributed by atoms with Gasteiger partial charge in [0.15, 0.2) is 0 Å². The van der Waals surface area contributed by atoms with E-state index in [1.807, 2.05) is 24.3 Å². The molecule has 6 heteroatoms. The molecule has 2 N–H and O–H groups in total. The average molecular weight is 372 g/mol. The van der Waals surface area contributed by atoms with Crippen molar-refractivity contribution in [3.63, 3.8) is 0 Å². The van der Waals surface area contributed by atoms with Crippen LogP contribution in [0.1, 0.15) is 44.8 Å². The fourth-order valence-corrected chi connectivity index (χ4v) is 2.87. The number of carbonyl (C=O) groups is 2. The molecule has 0 radical (unpaired) electrons. The van der Waals surface area contributed by atoms with Crippen molar-refractivity contribution in [2.24, 2.45) is 0 Å². The van der Waals surface area contributed by atoms with Gasteiger partial charge in [-0.3, -0.25) is 19.6 Å². The quantitative estimate of drug-likeness (QED) is 0.696. The number of anilines is 1. The zero-order chi connectivity index (χ0) is 19.3. The second-order valence-corrected chi connectivity index (χ2v) is 6.88. The largest absolute Gasteiger partial charge is 0.348 e. The van der Waals surface area contributed by atoms with Crippen molar-refractivity contribution in [3.05, 3.63) is 89.5 Å². The molecule has 2 amide bonds. The Hall–Kier alpha value is -3.54. The molecule has 1 fully saturated rings. The number of carbonyl (C=O) groups excluding carboxylic acids is 2. The molecule has 0 aliphatic heterocycles. The van der Waals surface area contributed by atoms with Gasteiger partial charge in [0.2, 0.25) is 0 Å². The molecule has 1 aliphatic carbocycles. The number of pyridine rings is 2. The zero-order valence-corrected chi connectivity index (χ0v) is 15.3. The Kier molecular flexibility index (Phi) is 5.10. The first-order chi connectivity index (χ1) is 13.7. The van der Waals surface area contributed by atoms with Gasteiger partial charge in [-0.1, -0.05) is 30.3 Å². The minimum Gasteiger partial charge on any atom is -0.348 e. The van der Waals surface area contributed by atoms with Crippen LogP contribution in [0.25, 0.3) is 0 Å². The van der Waals surface area contributed by atoms with Gasteiger partial charge in [0.25, 0.3) is 11.8 Å². The van der Waals surface area contributed by atoms with Crippen LogP contribution in [0.15, 0.2) is 67.1 Å². The van der Waals surface area contributed by atoms with Crippen LogP contribution in [0, 0.1) is 0 Å². The summed E-state index contributed by atoms with van der Waals surface area (Å²) in [7, 11) is 0. The van der Waals surface area contributed by atoms with Gasteiger partial charge < -0.3 is 10.6 Å². The first-order valence-corrected chi connectivity index (χ1v) is 9.23. The third-order valence-electron chi connectivity index (χ3n) is 4.47. The summed E-state index contributed by atoms with van der Waals surface area (Å²) in [5, 5.41) is 5.72. The van der Waals surface area contributed by atoms with Gasteiger partial charge in [-0.2, -0.15) is 0 Å². The molecule has 1 aliphatic rings. The average Bonchev–Trinajstić information content (AvgIpc) is 3.53. The van der Waals surface area contributed by atoms with Crippen LogP contribution in [0.3, 0.4) is 0 Å². The standard InChI is InChI=1S/C22H20N4O2/c27-21(17-8-9-24-20(12-17)22(28)25-18-6-7-18)26-19-11-16(13-23-14-19)10-15-4-2-1-3-5-15/h1-5,8-9,11-14,18H,6-7,10H2,(H,25,28)(H,26,27). The summed E-state index contributed by atoms with van der Waals surface area (Å²) in [5.74, 6) is -0.551. The topological polar surface area (TPSA) is 84.0 Å². The molecule has 0 spiro atoms. The first-order valence-electron chi connectivity index (χ1n) is 9.23. The van der Waals surface area contributed by atoms with Crippen molar-refractivity contribution in [2.45, 2.75) is 25.3 Å². The third kappa shape index (κ3) is 4.59. The van der Waals surface area contributed by atoms with E-state index >= 15 is 0 Å². The summed E-state index contributed by atoms with van der Waals surface area (Å²) in [6.07, 6.45) is 7.60. The maximum Gasteiger partial charge on any atom is 0.270 e. The second kappa shape index (κ2) is 8.00. The lowest BCUT2D eigenvalue weighted by molar-refractivity contribution is 0.0946. The van der Waals surface area contributed by atoms with Crippen LogP contribution >= 0.6 is 0 Å². The molecule has 1 aromatic carbocycles. The van der Waals surface area contributed by atoms with Gasteiger partial charge in [0.1, 0.15) is 5.69 Å². The van der Waals surface area contributed by atoms with Crippen LogP contribution in [0.5, 0.6) is 0 Å². The van der Waals surface area contributed by atoms with Crippen LogP contribution in [0.4, 0.5) is 5.69 Å². The highest BCUT2D eigenvalue weighted by atomic mass is 16.2. The van der Waals surface area contributed by atoms with E-state index in [0.29, 0.717) is 11.3 Å². The molecule has 140 valence electrons. The minimum atomic E-state index is -0.304. The Morgan fingerprint density at radius 3 is 2.57 bits per heavy atom. The summed E-state index contributed by atoms with van der Waals surface area (Å²) < 4.78 is 0. The van der Waals surface area contributed by atoms with E-state index in [9.17, 15) is 9.59 Å². The van der Waals surface area contributed by atoms with Crippen molar-refractivity contribution in [2.75, 3.05) is 5.32 Å². The Morgan fingerprint density at radius 1 is 0.964 bits per heavy atom. The van der Waals surface area contributed by atoms with Crippen LogP contribution < -0.4 is 10.6 Å². The molecular formula is C22H20N4O2. The SMILES string of the molecule is O=C(Nc1cncc(Cc2ccccc2)c1)c1ccnc(C(=O)NC2CC2)c1. The van der Waals surface area contributed by atoms with Crippen molar-refractivity contribution < 1.29 is 9.59 Å².